The van der Waals surface area contributed by atoms with E-state index in [0.717, 1.165) is 30.3 Å². The van der Waals surface area contributed by atoms with Crippen LogP contribution in [0.5, 0.6) is 0 Å². The molecule has 2 aliphatic rings. The second-order valence-electron chi connectivity index (χ2n) is 7.16. The van der Waals surface area contributed by atoms with Crippen molar-refractivity contribution in [1.29, 1.82) is 0 Å². The molecule has 2 fully saturated rings. The number of hydrogen-bond acceptors (Lipinski definition) is 1. The molecule has 0 unspecified atom stereocenters. The Balaban J connectivity index is 1.64. The van der Waals surface area contributed by atoms with Gasteiger partial charge in [0, 0.05) is 13.7 Å². The first-order chi connectivity index (χ1) is 9.83. The lowest BCUT2D eigenvalue weighted by atomic mass is 9.69. The van der Waals surface area contributed by atoms with Gasteiger partial charge in [0.25, 0.3) is 0 Å². The Morgan fingerprint density at radius 3 is 1.90 bits per heavy atom. The summed E-state index contributed by atoms with van der Waals surface area (Å²) in [6.45, 7) is 3.13. The van der Waals surface area contributed by atoms with Crippen LogP contribution in [0, 0.1) is 23.7 Å². The Kier molecular flexibility index (Phi) is 7.13. The molecule has 0 aliphatic heterocycles. The zero-order valence-electron chi connectivity index (χ0n) is 13.7. The summed E-state index contributed by atoms with van der Waals surface area (Å²) in [6.07, 6.45) is 19.1. The van der Waals surface area contributed by atoms with Crippen molar-refractivity contribution < 1.29 is 4.74 Å². The average Bonchev–Trinajstić information content (AvgIpc) is 2.49. The van der Waals surface area contributed by atoms with Crippen LogP contribution in [0.25, 0.3) is 0 Å². The summed E-state index contributed by atoms with van der Waals surface area (Å²) in [5.74, 6) is 3.97. The maximum Gasteiger partial charge on any atom is 0.0490 e. The van der Waals surface area contributed by atoms with Gasteiger partial charge in [-0.2, -0.15) is 0 Å². The molecule has 0 heterocycles. The Bertz CT molecular complexity index is 267. The Labute approximate surface area is 126 Å². The van der Waals surface area contributed by atoms with Crippen molar-refractivity contribution in [2.75, 3.05) is 13.7 Å². The molecule has 1 heteroatoms. The van der Waals surface area contributed by atoms with E-state index < -0.39 is 0 Å². The van der Waals surface area contributed by atoms with Gasteiger partial charge in [-0.25, -0.2) is 0 Å². The molecule has 20 heavy (non-hydrogen) atoms. The summed E-state index contributed by atoms with van der Waals surface area (Å²) in [5, 5.41) is 0. The lowest BCUT2D eigenvalue weighted by Crippen LogP contribution is -2.27. The van der Waals surface area contributed by atoms with Crippen molar-refractivity contribution in [2.45, 2.75) is 71.1 Å². The predicted octanol–water partition coefficient (Wildman–Crippen LogP) is 5.60. The van der Waals surface area contributed by atoms with Crippen LogP contribution in [0.15, 0.2) is 12.2 Å². The second-order valence-corrected chi connectivity index (χ2v) is 7.16. The van der Waals surface area contributed by atoms with Crippen LogP contribution in [0.3, 0.4) is 0 Å². The highest BCUT2D eigenvalue weighted by Gasteiger charge is 2.30. The molecule has 0 saturated heterocycles. The van der Waals surface area contributed by atoms with E-state index in [-0.39, 0.29) is 0 Å². The second kappa shape index (κ2) is 8.87. The van der Waals surface area contributed by atoms with E-state index in [1.54, 1.807) is 0 Å². The monoisotopic (exact) mass is 278 g/mol. The number of hydrogen-bond donors (Lipinski definition) is 0. The third-order valence-electron chi connectivity index (χ3n) is 5.83. The smallest absolute Gasteiger partial charge is 0.0490 e. The molecule has 0 N–H and O–H groups in total. The summed E-state index contributed by atoms with van der Waals surface area (Å²) < 4.78 is 5.32. The van der Waals surface area contributed by atoms with E-state index in [4.69, 9.17) is 4.74 Å². The maximum atomic E-state index is 5.32. The topological polar surface area (TPSA) is 9.23 Å². The van der Waals surface area contributed by atoms with Crippen molar-refractivity contribution in [2.24, 2.45) is 23.7 Å². The van der Waals surface area contributed by atoms with Gasteiger partial charge in [-0.05, 0) is 82.0 Å². The molecule has 0 aromatic rings. The standard InChI is InChI=1S/C19H34O/c1-3-4-5-6-16-7-11-18(12-8-16)19-13-9-17(10-14-19)15-20-2/h3-4,16-19H,5-15H2,1-2H3/b4-3+. The van der Waals surface area contributed by atoms with E-state index in [2.05, 4.69) is 19.1 Å². The SMILES string of the molecule is C/C=C/CCC1CCC(C2CCC(COC)CC2)CC1. The van der Waals surface area contributed by atoms with Gasteiger partial charge < -0.3 is 4.74 Å². The van der Waals surface area contributed by atoms with Gasteiger partial charge >= 0.3 is 0 Å². The molecule has 0 amide bonds. The molecule has 116 valence electrons. The number of rotatable bonds is 6. The maximum absolute atomic E-state index is 5.32. The Morgan fingerprint density at radius 2 is 1.40 bits per heavy atom. The minimum Gasteiger partial charge on any atom is -0.384 e. The highest BCUT2D eigenvalue weighted by atomic mass is 16.5. The molecule has 0 atom stereocenters. The van der Waals surface area contributed by atoms with Gasteiger partial charge in [-0.3, -0.25) is 0 Å². The van der Waals surface area contributed by atoms with Crippen LogP contribution in [0.2, 0.25) is 0 Å². The average molecular weight is 278 g/mol. The zero-order chi connectivity index (χ0) is 14.2. The first-order valence-corrected chi connectivity index (χ1v) is 8.93. The first-order valence-electron chi connectivity index (χ1n) is 8.93. The van der Waals surface area contributed by atoms with Gasteiger partial charge in [0.15, 0.2) is 0 Å². The molecule has 2 saturated carbocycles. The minimum atomic E-state index is 0.855. The van der Waals surface area contributed by atoms with Crippen LogP contribution >= 0.6 is 0 Å². The molecule has 1 nitrogen and oxygen atoms in total. The number of allylic oxidation sites excluding steroid dienone is 2. The van der Waals surface area contributed by atoms with Gasteiger partial charge in [-0.15, -0.1) is 0 Å². The van der Waals surface area contributed by atoms with E-state index in [0.29, 0.717) is 0 Å². The molecule has 2 rings (SSSR count). The lowest BCUT2D eigenvalue weighted by Gasteiger charge is -2.37. The summed E-state index contributed by atoms with van der Waals surface area (Å²) in [7, 11) is 1.85. The van der Waals surface area contributed by atoms with Crippen LogP contribution < -0.4 is 0 Å². The van der Waals surface area contributed by atoms with Crippen LogP contribution in [0.1, 0.15) is 71.1 Å². The molecule has 0 aromatic heterocycles. The molecule has 0 aromatic carbocycles. The van der Waals surface area contributed by atoms with Gasteiger partial charge in [-0.1, -0.05) is 25.0 Å². The first kappa shape index (κ1) is 16.1. The van der Waals surface area contributed by atoms with Gasteiger partial charge in [0.05, 0.1) is 0 Å². The molecule has 2 aliphatic carbocycles. The Morgan fingerprint density at radius 1 is 0.850 bits per heavy atom. The third-order valence-corrected chi connectivity index (χ3v) is 5.83. The van der Waals surface area contributed by atoms with Crippen molar-refractivity contribution in [3.63, 3.8) is 0 Å². The highest BCUT2D eigenvalue weighted by molar-refractivity contribution is 4.84. The molecule has 0 spiro atoms. The normalized spacial score (nSPS) is 35.5. The molecular weight excluding hydrogens is 244 g/mol. The van der Waals surface area contributed by atoms with E-state index >= 15 is 0 Å². The van der Waals surface area contributed by atoms with E-state index in [9.17, 15) is 0 Å². The number of methoxy groups -OCH3 is 1. The van der Waals surface area contributed by atoms with E-state index in [1.165, 1.54) is 64.2 Å². The fraction of sp³-hybridized carbons (Fsp3) is 0.895. The molecule has 0 radical (unpaired) electrons. The van der Waals surface area contributed by atoms with Crippen LogP contribution in [-0.4, -0.2) is 13.7 Å². The van der Waals surface area contributed by atoms with Crippen LogP contribution in [0.4, 0.5) is 0 Å². The van der Waals surface area contributed by atoms with Gasteiger partial charge in [0.2, 0.25) is 0 Å². The largest absolute Gasteiger partial charge is 0.384 e. The van der Waals surface area contributed by atoms with Crippen molar-refractivity contribution in [3.8, 4) is 0 Å². The van der Waals surface area contributed by atoms with Gasteiger partial charge in [0.1, 0.15) is 0 Å². The summed E-state index contributed by atoms with van der Waals surface area (Å²) in [6, 6.07) is 0. The quantitative estimate of drug-likeness (QED) is 0.574. The van der Waals surface area contributed by atoms with E-state index in [1.807, 2.05) is 7.11 Å². The van der Waals surface area contributed by atoms with Crippen molar-refractivity contribution in [1.82, 2.24) is 0 Å². The summed E-state index contributed by atoms with van der Waals surface area (Å²) in [5.41, 5.74) is 0. The zero-order valence-corrected chi connectivity index (χ0v) is 13.7. The minimum absolute atomic E-state index is 0.855. The Hall–Kier alpha value is -0.300. The fourth-order valence-electron chi connectivity index (χ4n) is 4.51. The predicted molar refractivity (Wildman–Crippen MR) is 86.8 cm³/mol. The number of ether oxygens (including phenoxy) is 1. The molecular formula is C19H34O. The summed E-state index contributed by atoms with van der Waals surface area (Å²) in [4.78, 5) is 0. The highest BCUT2D eigenvalue weighted by Crippen LogP contribution is 2.42. The van der Waals surface area contributed by atoms with Crippen LogP contribution in [-0.2, 0) is 4.74 Å². The summed E-state index contributed by atoms with van der Waals surface area (Å²) >= 11 is 0. The lowest BCUT2D eigenvalue weighted by molar-refractivity contribution is 0.0928. The third kappa shape index (κ3) is 4.91. The fourth-order valence-corrected chi connectivity index (χ4v) is 4.51. The van der Waals surface area contributed by atoms with Crippen molar-refractivity contribution >= 4 is 0 Å². The van der Waals surface area contributed by atoms with Crippen molar-refractivity contribution in [3.05, 3.63) is 12.2 Å². The molecule has 0 bridgehead atoms.